The van der Waals surface area contributed by atoms with Gasteiger partial charge in [-0.05, 0) is 12.1 Å². The summed E-state index contributed by atoms with van der Waals surface area (Å²) in [6.45, 7) is 0. The van der Waals surface area contributed by atoms with E-state index in [2.05, 4.69) is 4.98 Å². The molecule has 1 aromatic rings. The van der Waals surface area contributed by atoms with Crippen molar-refractivity contribution < 1.29 is 19.5 Å². The van der Waals surface area contributed by atoms with Crippen molar-refractivity contribution in [2.75, 3.05) is 0 Å². The van der Waals surface area contributed by atoms with Crippen molar-refractivity contribution in [3.05, 3.63) is 29.0 Å². The number of rotatable bonds is 0. The first-order valence-corrected chi connectivity index (χ1v) is 2.44. The van der Waals surface area contributed by atoms with Gasteiger partial charge in [-0.2, -0.15) is 0 Å². The molecule has 0 bridgehead atoms. The Morgan fingerprint density at radius 3 is 2.38 bits per heavy atom. The van der Waals surface area contributed by atoms with Crippen molar-refractivity contribution in [3.63, 3.8) is 0 Å². The monoisotopic (exact) mass is 175 g/mol. The molecular weight excluding hydrogens is 172 g/mol. The minimum Gasteiger partial charge on any atom is -0.353 e. The topological polar surface area (TPSA) is 15.8 Å². The number of aromatic nitrogens is 1. The Morgan fingerprint density at radius 2 is 2.12 bits per heavy atom. The summed E-state index contributed by atoms with van der Waals surface area (Å²) < 4.78 is 0.780. The van der Waals surface area contributed by atoms with Crippen LogP contribution in [-0.4, -0.2) is 4.98 Å². The zero-order chi connectivity index (χ0) is 5.11. The van der Waals surface area contributed by atoms with E-state index in [1.165, 1.54) is 0 Å². The van der Waals surface area contributed by atoms with Gasteiger partial charge >= 0.3 is 19.5 Å². The smallest absolute Gasteiger partial charge is 0.353 e. The zero-order valence-electron chi connectivity index (χ0n) is 4.42. The van der Waals surface area contributed by atoms with Crippen molar-refractivity contribution in [1.29, 1.82) is 0 Å². The fourth-order valence-electron chi connectivity index (χ4n) is 0.377. The van der Waals surface area contributed by atoms with Crippen LogP contribution < -0.4 is 0 Å². The molecule has 0 unspecified atom stereocenters. The molecule has 0 aliphatic carbocycles. The molecule has 36 valence electrons. The Morgan fingerprint density at radius 1 is 1.38 bits per heavy atom. The predicted molar refractivity (Wildman–Crippen MR) is 31.6 cm³/mol. The molecule has 0 fully saturated rings. The summed E-state index contributed by atoms with van der Waals surface area (Å²) in [6.07, 6.45) is 1.81. The van der Waals surface area contributed by atoms with Gasteiger partial charge in [0, 0.05) is 6.20 Å². The maximum Gasteiger partial charge on any atom is 2.00 e. The van der Waals surface area contributed by atoms with E-state index >= 15 is 0 Å². The Kier molecular flexibility index (Phi) is 3.93. The van der Waals surface area contributed by atoms with E-state index in [0.717, 1.165) is 4.64 Å². The van der Waals surface area contributed by atoms with Crippen LogP contribution in [0.5, 0.6) is 0 Å². The third kappa shape index (κ3) is 2.34. The van der Waals surface area contributed by atoms with Crippen LogP contribution in [-0.2, 0) is 19.5 Å². The molecule has 0 aliphatic rings. The number of hydrogen-bond acceptors (Lipinski definition) is 1. The first-order chi connectivity index (χ1) is 3.39. The molecule has 0 aliphatic heterocycles. The molecule has 1 heterocycles. The Balaban J connectivity index is 0.000000490. The third-order valence-corrected chi connectivity index (χ3v) is 0.934. The van der Waals surface area contributed by atoms with Crippen molar-refractivity contribution >= 4 is 12.2 Å². The van der Waals surface area contributed by atoms with Crippen LogP contribution in [0.4, 0.5) is 0 Å². The summed E-state index contributed by atoms with van der Waals surface area (Å²) in [7, 11) is 0. The fourth-order valence-corrected chi connectivity index (χ4v) is 0.523. The van der Waals surface area contributed by atoms with E-state index in [0.29, 0.717) is 0 Å². The Hall–Kier alpha value is -0.00662. The number of aromatic amines is 1. The van der Waals surface area contributed by atoms with E-state index in [4.69, 9.17) is 12.2 Å². The molecule has 0 amide bonds. The van der Waals surface area contributed by atoms with Crippen LogP contribution >= 0.6 is 12.2 Å². The SMILES string of the molecule is S=c1cccc[nH]1.[Zn+2]. The molecule has 0 saturated heterocycles. The van der Waals surface area contributed by atoms with Crippen LogP contribution in [0.15, 0.2) is 24.4 Å². The summed E-state index contributed by atoms with van der Waals surface area (Å²) >= 11 is 4.76. The number of H-pyrrole nitrogens is 1. The van der Waals surface area contributed by atoms with Gasteiger partial charge in [-0.15, -0.1) is 0 Å². The summed E-state index contributed by atoms with van der Waals surface area (Å²) in [5.41, 5.74) is 0. The molecule has 1 aromatic heterocycles. The first kappa shape index (κ1) is 7.99. The third-order valence-electron chi connectivity index (χ3n) is 0.681. The zero-order valence-corrected chi connectivity index (χ0v) is 8.21. The van der Waals surface area contributed by atoms with Crippen LogP contribution in [0, 0.1) is 4.64 Å². The Labute approximate surface area is 65.9 Å². The Bertz CT molecular complexity index is 178. The van der Waals surface area contributed by atoms with Gasteiger partial charge in [0.1, 0.15) is 4.64 Å². The average Bonchev–Trinajstić information content (AvgIpc) is 1.69. The normalized spacial score (nSPS) is 7.50. The van der Waals surface area contributed by atoms with Gasteiger partial charge in [-0.1, -0.05) is 18.3 Å². The van der Waals surface area contributed by atoms with E-state index in [9.17, 15) is 0 Å². The van der Waals surface area contributed by atoms with Gasteiger partial charge in [0.2, 0.25) is 0 Å². The molecule has 0 saturated carbocycles. The summed E-state index contributed by atoms with van der Waals surface area (Å²) in [6, 6.07) is 5.64. The summed E-state index contributed by atoms with van der Waals surface area (Å²) in [5.74, 6) is 0. The quantitative estimate of drug-likeness (QED) is 0.470. The standard InChI is InChI=1S/C5H5NS.Zn/c7-5-3-1-2-4-6-5;/h1-4H,(H,6,7);/q;+2. The molecule has 0 spiro atoms. The summed E-state index contributed by atoms with van der Waals surface area (Å²) in [5, 5.41) is 0. The van der Waals surface area contributed by atoms with Gasteiger partial charge in [-0.3, -0.25) is 0 Å². The number of nitrogens with one attached hydrogen (secondary N) is 1. The minimum absolute atomic E-state index is 0. The largest absolute Gasteiger partial charge is 2.00 e. The fraction of sp³-hybridized carbons (Fsp3) is 0. The van der Waals surface area contributed by atoms with Crippen molar-refractivity contribution in [2.45, 2.75) is 0 Å². The van der Waals surface area contributed by atoms with Crippen LogP contribution in [0.1, 0.15) is 0 Å². The predicted octanol–water partition coefficient (Wildman–Crippen LogP) is 1.74. The molecule has 0 aromatic carbocycles. The molecule has 3 heteroatoms. The van der Waals surface area contributed by atoms with Gasteiger partial charge in [0.15, 0.2) is 0 Å². The molecule has 1 rings (SSSR count). The second-order valence-corrected chi connectivity index (χ2v) is 1.67. The van der Waals surface area contributed by atoms with E-state index < -0.39 is 0 Å². The van der Waals surface area contributed by atoms with Gasteiger partial charge in [-0.25, -0.2) is 0 Å². The molecule has 0 radical (unpaired) electrons. The maximum absolute atomic E-state index is 4.76. The van der Waals surface area contributed by atoms with Crippen molar-refractivity contribution in [1.82, 2.24) is 4.98 Å². The van der Waals surface area contributed by atoms with Crippen molar-refractivity contribution in [2.24, 2.45) is 0 Å². The van der Waals surface area contributed by atoms with Gasteiger partial charge in [0.05, 0.1) is 0 Å². The van der Waals surface area contributed by atoms with E-state index in [1.807, 2.05) is 24.4 Å². The van der Waals surface area contributed by atoms with Gasteiger partial charge in [0.25, 0.3) is 0 Å². The summed E-state index contributed by atoms with van der Waals surface area (Å²) in [4.78, 5) is 2.85. The minimum atomic E-state index is 0. The van der Waals surface area contributed by atoms with Crippen LogP contribution in [0.3, 0.4) is 0 Å². The number of pyridine rings is 1. The molecule has 1 nitrogen and oxygen atoms in total. The molecule has 0 atom stereocenters. The first-order valence-electron chi connectivity index (χ1n) is 2.03. The van der Waals surface area contributed by atoms with Gasteiger partial charge < -0.3 is 4.98 Å². The average molecular weight is 177 g/mol. The van der Waals surface area contributed by atoms with Crippen molar-refractivity contribution in [3.8, 4) is 0 Å². The second-order valence-electron chi connectivity index (χ2n) is 1.23. The van der Waals surface area contributed by atoms with E-state index in [1.54, 1.807) is 0 Å². The maximum atomic E-state index is 4.76. The molecular formula is C5H5NSZn+2. The molecule has 1 N–H and O–H groups in total. The van der Waals surface area contributed by atoms with Crippen LogP contribution in [0.2, 0.25) is 0 Å². The van der Waals surface area contributed by atoms with Crippen LogP contribution in [0.25, 0.3) is 0 Å². The van der Waals surface area contributed by atoms with E-state index in [-0.39, 0.29) is 19.5 Å². The number of hydrogen-bond donors (Lipinski definition) is 1. The molecule has 8 heavy (non-hydrogen) atoms. The second kappa shape index (κ2) is 3.93.